The normalized spacial score (nSPS) is 12.0. The van der Waals surface area contributed by atoms with E-state index in [1.807, 2.05) is 20.8 Å². The zero-order chi connectivity index (χ0) is 14.7. The molecule has 0 aliphatic rings. The van der Waals surface area contributed by atoms with Crippen LogP contribution < -0.4 is 10.6 Å². The van der Waals surface area contributed by atoms with Crippen molar-refractivity contribution in [1.82, 2.24) is 5.32 Å². The molecule has 2 N–H and O–H groups in total. The Morgan fingerprint density at radius 1 is 1.30 bits per heavy atom. The maximum Gasteiger partial charge on any atom is 0.319 e. The Kier molecular flexibility index (Phi) is 4.39. The fourth-order valence-electron chi connectivity index (χ4n) is 2.08. The number of carbonyl (C=O) groups is 1. The van der Waals surface area contributed by atoms with Gasteiger partial charge in [-0.05, 0) is 44.5 Å². The van der Waals surface area contributed by atoms with E-state index >= 15 is 0 Å². The molecule has 2 aromatic rings. The van der Waals surface area contributed by atoms with Gasteiger partial charge in [-0.2, -0.15) is 0 Å². The summed E-state index contributed by atoms with van der Waals surface area (Å²) in [7, 11) is 0. The predicted molar refractivity (Wildman–Crippen MR) is 80.8 cm³/mol. The monoisotopic (exact) mass is 292 g/mol. The Labute approximate surface area is 121 Å². The molecule has 1 heterocycles. The lowest BCUT2D eigenvalue weighted by Gasteiger charge is -2.15. The van der Waals surface area contributed by atoms with Crippen LogP contribution in [-0.4, -0.2) is 6.03 Å². The number of hydrogen-bond donors (Lipinski definition) is 2. The molecule has 0 saturated heterocycles. The van der Waals surface area contributed by atoms with Crippen LogP contribution in [0.5, 0.6) is 0 Å². The largest absolute Gasteiger partial charge is 0.331 e. The molecule has 5 heteroatoms. The van der Waals surface area contributed by atoms with E-state index in [1.165, 1.54) is 21.9 Å². The average Bonchev–Trinajstić information content (AvgIpc) is 2.71. The van der Waals surface area contributed by atoms with Gasteiger partial charge in [0, 0.05) is 9.75 Å². The van der Waals surface area contributed by atoms with E-state index in [9.17, 15) is 9.18 Å². The van der Waals surface area contributed by atoms with Gasteiger partial charge in [0.05, 0.1) is 11.7 Å². The first-order valence-corrected chi connectivity index (χ1v) is 7.18. The average molecular weight is 292 g/mol. The van der Waals surface area contributed by atoms with Crippen LogP contribution >= 0.6 is 11.3 Å². The number of rotatable bonds is 3. The number of halogens is 1. The van der Waals surface area contributed by atoms with Gasteiger partial charge >= 0.3 is 6.03 Å². The first-order valence-electron chi connectivity index (χ1n) is 6.36. The minimum Gasteiger partial charge on any atom is -0.331 e. The third-order valence-electron chi connectivity index (χ3n) is 3.02. The number of urea groups is 1. The van der Waals surface area contributed by atoms with E-state index in [4.69, 9.17) is 0 Å². The smallest absolute Gasteiger partial charge is 0.319 e. The summed E-state index contributed by atoms with van der Waals surface area (Å²) in [5, 5.41) is 5.33. The van der Waals surface area contributed by atoms with Crippen molar-refractivity contribution in [2.75, 3.05) is 5.32 Å². The van der Waals surface area contributed by atoms with Gasteiger partial charge in [-0.25, -0.2) is 9.18 Å². The van der Waals surface area contributed by atoms with Crippen molar-refractivity contribution in [2.24, 2.45) is 0 Å². The minimum atomic E-state index is -0.446. The van der Waals surface area contributed by atoms with Crippen molar-refractivity contribution >= 4 is 23.1 Å². The highest BCUT2D eigenvalue weighted by Gasteiger charge is 2.14. The van der Waals surface area contributed by atoms with Gasteiger partial charge < -0.3 is 10.6 Å². The molecule has 1 unspecified atom stereocenters. The van der Waals surface area contributed by atoms with Crippen LogP contribution in [-0.2, 0) is 0 Å². The Hall–Kier alpha value is -1.88. The molecule has 20 heavy (non-hydrogen) atoms. The molecule has 0 radical (unpaired) electrons. The summed E-state index contributed by atoms with van der Waals surface area (Å²) in [5.41, 5.74) is 1.27. The summed E-state index contributed by atoms with van der Waals surface area (Å²) < 4.78 is 13.4. The lowest BCUT2D eigenvalue weighted by molar-refractivity contribution is 0.249. The third-order valence-corrected chi connectivity index (χ3v) is 4.00. The lowest BCUT2D eigenvalue weighted by Crippen LogP contribution is -2.31. The standard InChI is InChI=1S/C15H17FN2OS/c1-9-8-12(11(3)20-9)10(2)17-15(19)18-14-7-5-4-6-13(14)16/h4-8,10H,1-3H3,(H2,17,18,19). The summed E-state index contributed by atoms with van der Waals surface area (Å²) in [6, 6.07) is 7.63. The van der Waals surface area contributed by atoms with Crippen LogP contribution in [0.3, 0.4) is 0 Å². The Bertz CT molecular complexity index is 624. The molecule has 1 aromatic heterocycles. The number of hydrogen-bond acceptors (Lipinski definition) is 2. The molecule has 0 spiro atoms. The third kappa shape index (κ3) is 3.36. The SMILES string of the molecule is Cc1cc(C(C)NC(=O)Nc2ccccc2F)c(C)s1. The second kappa shape index (κ2) is 6.05. The van der Waals surface area contributed by atoms with Gasteiger partial charge in [0.2, 0.25) is 0 Å². The Balaban J connectivity index is 2.01. The van der Waals surface area contributed by atoms with E-state index in [1.54, 1.807) is 23.5 Å². The number of anilines is 1. The van der Waals surface area contributed by atoms with Gasteiger partial charge in [0.1, 0.15) is 5.82 Å². The van der Waals surface area contributed by atoms with Crippen LogP contribution in [0.1, 0.15) is 28.3 Å². The van der Waals surface area contributed by atoms with Gasteiger partial charge in [-0.3, -0.25) is 0 Å². The zero-order valence-electron chi connectivity index (χ0n) is 11.7. The zero-order valence-corrected chi connectivity index (χ0v) is 12.5. The number of amides is 2. The number of nitrogens with one attached hydrogen (secondary N) is 2. The number of para-hydroxylation sites is 1. The summed E-state index contributed by atoms with van der Waals surface area (Å²) >= 11 is 1.70. The number of carbonyl (C=O) groups excluding carboxylic acids is 1. The Morgan fingerprint density at radius 2 is 2.00 bits per heavy atom. The molecule has 0 fully saturated rings. The minimum absolute atomic E-state index is 0.119. The predicted octanol–water partition coefficient (Wildman–Crippen LogP) is 4.39. The summed E-state index contributed by atoms with van der Waals surface area (Å²) in [4.78, 5) is 14.3. The van der Waals surface area contributed by atoms with Gasteiger partial charge in [-0.15, -0.1) is 11.3 Å². The maximum atomic E-state index is 13.4. The summed E-state index contributed by atoms with van der Waals surface area (Å²) in [6.45, 7) is 5.97. The molecule has 0 saturated carbocycles. The van der Waals surface area contributed by atoms with Gasteiger partial charge in [-0.1, -0.05) is 12.1 Å². The molecule has 106 valence electrons. The molecule has 1 atom stereocenters. The maximum absolute atomic E-state index is 13.4. The quantitative estimate of drug-likeness (QED) is 0.865. The van der Waals surface area contributed by atoms with Crippen molar-refractivity contribution in [2.45, 2.75) is 26.8 Å². The van der Waals surface area contributed by atoms with Crippen LogP contribution in [0.4, 0.5) is 14.9 Å². The van der Waals surface area contributed by atoms with Crippen LogP contribution in [0.25, 0.3) is 0 Å². The number of thiophene rings is 1. The lowest BCUT2D eigenvalue weighted by atomic mass is 10.1. The molecule has 0 aliphatic carbocycles. The topological polar surface area (TPSA) is 41.1 Å². The molecular formula is C15H17FN2OS. The fourth-order valence-corrected chi connectivity index (χ4v) is 3.10. The Morgan fingerprint density at radius 3 is 2.60 bits per heavy atom. The summed E-state index contributed by atoms with van der Waals surface area (Å²) in [6.07, 6.45) is 0. The molecular weight excluding hydrogens is 275 g/mol. The molecule has 0 aliphatic heterocycles. The van der Waals surface area contributed by atoms with Crippen molar-refractivity contribution in [1.29, 1.82) is 0 Å². The fraction of sp³-hybridized carbons (Fsp3) is 0.267. The van der Waals surface area contributed by atoms with Crippen molar-refractivity contribution in [3.8, 4) is 0 Å². The van der Waals surface area contributed by atoms with E-state index in [0.29, 0.717) is 0 Å². The van der Waals surface area contributed by atoms with Crippen molar-refractivity contribution in [3.63, 3.8) is 0 Å². The highest BCUT2D eigenvalue weighted by atomic mass is 32.1. The first-order chi connectivity index (χ1) is 9.47. The van der Waals surface area contributed by atoms with Crippen molar-refractivity contribution in [3.05, 3.63) is 51.5 Å². The number of benzene rings is 1. The molecule has 3 nitrogen and oxygen atoms in total. The van der Waals surface area contributed by atoms with E-state index in [0.717, 1.165) is 5.56 Å². The number of aryl methyl sites for hydroxylation is 2. The second-order valence-corrected chi connectivity index (χ2v) is 6.13. The molecule has 1 aromatic carbocycles. The van der Waals surface area contributed by atoms with Gasteiger partial charge in [0.15, 0.2) is 0 Å². The molecule has 2 rings (SSSR count). The highest BCUT2D eigenvalue weighted by molar-refractivity contribution is 7.12. The second-order valence-electron chi connectivity index (χ2n) is 4.67. The van der Waals surface area contributed by atoms with Gasteiger partial charge in [0.25, 0.3) is 0 Å². The van der Waals surface area contributed by atoms with Crippen molar-refractivity contribution < 1.29 is 9.18 Å². The van der Waals surface area contributed by atoms with Crippen LogP contribution in [0.2, 0.25) is 0 Å². The van der Waals surface area contributed by atoms with E-state index in [2.05, 4.69) is 16.7 Å². The first kappa shape index (κ1) is 14.5. The van der Waals surface area contributed by atoms with E-state index in [-0.39, 0.29) is 11.7 Å². The highest BCUT2D eigenvalue weighted by Crippen LogP contribution is 2.26. The molecule has 0 bridgehead atoms. The summed E-state index contributed by atoms with van der Waals surface area (Å²) in [5.74, 6) is -0.446. The molecule has 2 amide bonds. The van der Waals surface area contributed by atoms with Crippen LogP contribution in [0.15, 0.2) is 30.3 Å². The van der Waals surface area contributed by atoms with Crippen LogP contribution in [0, 0.1) is 19.7 Å². The van der Waals surface area contributed by atoms with E-state index < -0.39 is 11.8 Å².